The van der Waals surface area contributed by atoms with Gasteiger partial charge in [0.15, 0.2) is 0 Å². The molecule has 1 aliphatic rings. The fourth-order valence-electron chi connectivity index (χ4n) is 2.64. The number of rotatable bonds is 3. The van der Waals surface area contributed by atoms with Crippen molar-refractivity contribution in [2.24, 2.45) is 11.7 Å². The molecule has 0 bridgehead atoms. The average Bonchev–Trinajstić information content (AvgIpc) is 2.38. The summed E-state index contributed by atoms with van der Waals surface area (Å²) in [4.78, 5) is 24.6. The number of carboxylic acids is 1. The Kier molecular flexibility index (Phi) is 3.83. The first-order valence-corrected chi connectivity index (χ1v) is 6.59. The molecule has 20 heavy (non-hydrogen) atoms. The number of nitrogen functional groups attached to an aromatic ring is 1. The highest BCUT2D eigenvalue weighted by Gasteiger charge is 2.30. The van der Waals surface area contributed by atoms with Gasteiger partial charge in [0.1, 0.15) is 0 Å². The molecular formula is C14H19N3O3. The zero-order chi connectivity index (χ0) is 14.9. The van der Waals surface area contributed by atoms with E-state index >= 15 is 0 Å². The molecule has 6 heteroatoms. The number of nitrogens with two attached hydrogens (primary N) is 2. The van der Waals surface area contributed by atoms with Gasteiger partial charge >= 0.3 is 5.97 Å². The molecule has 1 aliphatic heterocycles. The van der Waals surface area contributed by atoms with Crippen LogP contribution in [0.1, 0.15) is 30.1 Å². The second-order valence-corrected chi connectivity index (χ2v) is 5.26. The highest BCUT2D eigenvalue weighted by atomic mass is 16.4. The number of hydrogen-bond acceptors (Lipinski definition) is 4. The molecule has 2 rings (SSSR count). The van der Waals surface area contributed by atoms with Crippen LogP contribution in [0.15, 0.2) is 18.2 Å². The number of anilines is 2. The number of hydrogen-bond donors (Lipinski definition) is 3. The first kappa shape index (κ1) is 14.2. The maximum absolute atomic E-state index is 11.4. The summed E-state index contributed by atoms with van der Waals surface area (Å²) in [5.74, 6) is -1.61. The van der Waals surface area contributed by atoms with E-state index in [-0.39, 0.29) is 23.4 Å². The number of amides is 1. The fraction of sp³-hybridized carbons (Fsp3) is 0.429. The van der Waals surface area contributed by atoms with Crippen LogP contribution >= 0.6 is 0 Å². The van der Waals surface area contributed by atoms with E-state index in [4.69, 9.17) is 11.5 Å². The standard InChI is InChI=1S/C14H19N3O3/c1-8-2-3-9(13(16)18)7-17(8)12-6-10(15)4-5-11(12)14(19)20/h4-6,8-9H,2-3,7,15H2,1H3,(H2,16,18)(H,19,20). The third-order valence-corrected chi connectivity index (χ3v) is 3.85. The monoisotopic (exact) mass is 277 g/mol. The molecule has 0 aromatic heterocycles. The molecule has 1 amide bonds. The summed E-state index contributed by atoms with van der Waals surface area (Å²) >= 11 is 0. The van der Waals surface area contributed by atoms with Crippen LogP contribution in [0, 0.1) is 5.92 Å². The lowest BCUT2D eigenvalue weighted by molar-refractivity contribution is -0.122. The summed E-state index contributed by atoms with van der Waals surface area (Å²) < 4.78 is 0. The molecule has 2 unspecified atom stereocenters. The van der Waals surface area contributed by atoms with E-state index < -0.39 is 5.97 Å². The molecule has 0 aliphatic carbocycles. The molecule has 1 fully saturated rings. The van der Waals surface area contributed by atoms with Crippen molar-refractivity contribution in [2.45, 2.75) is 25.8 Å². The zero-order valence-corrected chi connectivity index (χ0v) is 11.4. The van der Waals surface area contributed by atoms with Gasteiger partial charge in [-0.1, -0.05) is 0 Å². The summed E-state index contributed by atoms with van der Waals surface area (Å²) in [6.45, 7) is 2.44. The Morgan fingerprint density at radius 2 is 2.05 bits per heavy atom. The van der Waals surface area contributed by atoms with E-state index in [1.54, 1.807) is 12.1 Å². The van der Waals surface area contributed by atoms with Gasteiger partial charge in [0.2, 0.25) is 5.91 Å². The Morgan fingerprint density at radius 1 is 1.35 bits per heavy atom. The van der Waals surface area contributed by atoms with E-state index in [1.807, 2.05) is 11.8 Å². The van der Waals surface area contributed by atoms with Crippen molar-refractivity contribution in [2.75, 3.05) is 17.2 Å². The summed E-state index contributed by atoms with van der Waals surface area (Å²) in [6, 6.07) is 4.84. The summed E-state index contributed by atoms with van der Waals surface area (Å²) in [5, 5.41) is 9.29. The number of carbonyl (C=O) groups is 2. The van der Waals surface area contributed by atoms with Crippen molar-refractivity contribution in [3.63, 3.8) is 0 Å². The molecule has 0 radical (unpaired) electrons. The minimum Gasteiger partial charge on any atom is -0.478 e. The van der Waals surface area contributed by atoms with Crippen molar-refractivity contribution in [3.05, 3.63) is 23.8 Å². The lowest BCUT2D eigenvalue weighted by atomic mass is 9.91. The van der Waals surface area contributed by atoms with Crippen LogP contribution in [0.4, 0.5) is 11.4 Å². The summed E-state index contributed by atoms with van der Waals surface area (Å²) in [6.07, 6.45) is 1.53. The van der Waals surface area contributed by atoms with Gasteiger partial charge in [-0.2, -0.15) is 0 Å². The smallest absolute Gasteiger partial charge is 0.337 e. The second kappa shape index (κ2) is 5.40. The minimum atomic E-state index is -1.01. The first-order chi connectivity index (χ1) is 9.40. The molecule has 2 atom stereocenters. The Bertz CT molecular complexity index is 544. The highest BCUT2D eigenvalue weighted by molar-refractivity contribution is 5.95. The Morgan fingerprint density at radius 3 is 2.65 bits per heavy atom. The van der Waals surface area contributed by atoms with Crippen molar-refractivity contribution in [1.29, 1.82) is 0 Å². The van der Waals surface area contributed by atoms with Gasteiger partial charge in [-0.3, -0.25) is 4.79 Å². The number of benzene rings is 1. The molecule has 1 aromatic rings. The number of primary amides is 1. The molecule has 0 spiro atoms. The van der Waals surface area contributed by atoms with E-state index in [1.165, 1.54) is 6.07 Å². The molecule has 6 nitrogen and oxygen atoms in total. The number of aromatic carboxylic acids is 1. The van der Waals surface area contributed by atoms with Crippen LogP contribution in [-0.4, -0.2) is 29.6 Å². The van der Waals surface area contributed by atoms with Crippen LogP contribution in [0.5, 0.6) is 0 Å². The van der Waals surface area contributed by atoms with Gasteiger partial charge in [-0.05, 0) is 38.0 Å². The number of piperidine rings is 1. The second-order valence-electron chi connectivity index (χ2n) is 5.26. The van der Waals surface area contributed by atoms with Crippen molar-refractivity contribution in [3.8, 4) is 0 Å². The summed E-state index contributed by atoms with van der Waals surface area (Å²) in [5.41, 5.74) is 12.4. The molecule has 108 valence electrons. The quantitative estimate of drug-likeness (QED) is 0.715. The van der Waals surface area contributed by atoms with E-state index in [2.05, 4.69) is 0 Å². The van der Waals surface area contributed by atoms with Crippen molar-refractivity contribution < 1.29 is 14.7 Å². The van der Waals surface area contributed by atoms with Gasteiger partial charge in [-0.15, -0.1) is 0 Å². The Balaban J connectivity index is 2.40. The van der Waals surface area contributed by atoms with Gasteiger partial charge in [0, 0.05) is 18.3 Å². The minimum absolute atomic E-state index is 0.144. The predicted molar refractivity (Wildman–Crippen MR) is 76.5 cm³/mol. The third kappa shape index (κ3) is 2.68. The highest BCUT2D eigenvalue weighted by Crippen LogP contribution is 2.31. The van der Waals surface area contributed by atoms with Gasteiger partial charge in [-0.25, -0.2) is 4.79 Å². The topological polar surface area (TPSA) is 110 Å². The molecule has 1 aromatic carbocycles. The predicted octanol–water partition coefficient (Wildman–Crippen LogP) is 1.06. The van der Waals surface area contributed by atoms with E-state index in [0.29, 0.717) is 17.9 Å². The zero-order valence-electron chi connectivity index (χ0n) is 11.4. The molecule has 5 N–H and O–H groups in total. The van der Waals surface area contributed by atoms with Gasteiger partial charge < -0.3 is 21.5 Å². The lowest BCUT2D eigenvalue weighted by Crippen LogP contribution is -2.46. The van der Waals surface area contributed by atoms with Crippen LogP contribution in [0.25, 0.3) is 0 Å². The SMILES string of the molecule is CC1CCC(C(N)=O)CN1c1cc(N)ccc1C(=O)O. The fourth-order valence-corrected chi connectivity index (χ4v) is 2.64. The van der Waals surface area contributed by atoms with E-state index in [9.17, 15) is 14.7 Å². The van der Waals surface area contributed by atoms with Crippen LogP contribution in [-0.2, 0) is 4.79 Å². The molecule has 1 heterocycles. The Labute approximate surface area is 117 Å². The number of carbonyl (C=O) groups excluding carboxylic acids is 1. The maximum atomic E-state index is 11.4. The third-order valence-electron chi connectivity index (χ3n) is 3.85. The van der Waals surface area contributed by atoms with Gasteiger partial charge in [0.05, 0.1) is 17.2 Å². The normalized spacial score (nSPS) is 22.6. The van der Waals surface area contributed by atoms with Crippen molar-refractivity contribution >= 4 is 23.3 Å². The first-order valence-electron chi connectivity index (χ1n) is 6.59. The van der Waals surface area contributed by atoms with Crippen LogP contribution < -0.4 is 16.4 Å². The molecule has 1 saturated heterocycles. The molecular weight excluding hydrogens is 258 g/mol. The van der Waals surface area contributed by atoms with Crippen LogP contribution in [0.3, 0.4) is 0 Å². The van der Waals surface area contributed by atoms with Gasteiger partial charge in [0.25, 0.3) is 0 Å². The largest absolute Gasteiger partial charge is 0.478 e. The van der Waals surface area contributed by atoms with Crippen LogP contribution in [0.2, 0.25) is 0 Å². The number of nitrogens with zero attached hydrogens (tertiary/aromatic N) is 1. The number of carboxylic acid groups (broad SMARTS) is 1. The summed E-state index contributed by atoms with van der Waals surface area (Å²) in [7, 11) is 0. The average molecular weight is 277 g/mol. The Hall–Kier alpha value is -2.24. The van der Waals surface area contributed by atoms with Crippen molar-refractivity contribution in [1.82, 2.24) is 0 Å². The lowest BCUT2D eigenvalue weighted by Gasteiger charge is -2.39. The maximum Gasteiger partial charge on any atom is 0.337 e. The van der Waals surface area contributed by atoms with E-state index in [0.717, 1.165) is 12.8 Å². The molecule has 0 saturated carbocycles.